The van der Waals surface area contributed by atoms with Gasteiger partial charge >= 0.3 is 29.8 Å². The van der Waals surface area contributed by atoms with E-state index in [1.54, 1.807) is 6.08 Å². The van der Waals surface area contributed by atoms with Crippen LogP contribution >= 0.6 is 0 Å². The van der Waals surface area contributed by atoms with E-state index < -0.39 is 54.1 Å². The summed E-state index contributed by atoms with van der Waals surface area (Å²) < 4.78 is 26.7. The van der Waals surface area contributed by atoms with Crippen molar-refractivity contribution in [3.63, 3.8) is 0 Å². The zero-order chi connectivity index (χ0) is 26.7. The quantitative estimate of drug-likeness (QED) is 0.221. The van der Waals surface area contributed by atoms with Gasteiger partial charge in [-0.2, -0.15) is 0 Å². The Balaban J connectivity index is 1.91. The summed E-state index contributed by atoms with van der Waals surface area (Å²) in [6.07, 6.45) is 1.33. The second-order valence-electron chi connectivity index (χ2n) is 9.05. The lowest BCUT2D eigenvalue weighted by Gasteiger charge is -2.29. The van der Waals surface area contributed by atoms with E-state index in [0.29, 0.717) is 12.0 Å². The molecule has 194 valence electrons. The Labute approximate surface area is 208 Å². The highest BCUT2D eigenvalue weighted by molar-refractivity contribution is 5.92. The number of hydrogen-bond acceptors (Lipinski definition) is 10. The maximum absolute atomic E-state index is 13.1. The van der Waals surface area contributed by atoms with Gasteiger partial charge < -0.3 is 23.7 Å². The van der Waals surface area contributed by atoms with Crippen LogP contribution in [0, 0.1) is 17.8 Å². The SMILES string of the molecule is C=C1C(=O)O[C@@H]2[C@H]3C(=C)[C@@H](OC(C)=O)C[C@H]3C(C)=C[C@H](OC(=O)/C(=C\COC(C)=O)COC(C)=O)[C@@H]12. The van der Waals surface area contributed by atoms with Crippen LogP contribution in [0.1, 0.15) is 34.1 Å². The third kappa shape index (κ3) is 5.75. The molecule has 1 heterocycles. The summed E-state index contributed by atoms with van der Waals surface area (Å²) >= 11 is 0. The molecule has 1 saturated heterocycles. The number of ether oxygens (including phenoxy) is 5. The fourth-order valence-corrected chi connectivity index (χ4v) is 4.96. The first-order valence-corrected chi connectivity index (χ1v) is 11.5. The normalized spacial score (nSPS) is 29.3. The summed E-state index contributed by atoms with van der Waals surface area (Å²) in [7, 11) is 0. The Morgan fingerprint density at radius 3 is 2.31 bits per heavy atom. The van der Waals surface area contributed by atoms with Crippen LogP contribution in [0.4, 0.5) is 0 Å². The van der Waals surface area contributed by atoms with E-state index in [1.165, 1.54) is 26.8 Å². The molecule has 0 unspecified atom stereocenters. The van der Waals surface area contributed by atoms with Crippen molar-refractivity contribution in [2.75, 3.05) is 13.2 Å². The monoisotopic (exact) mass is 502 g/mol. The topological polar surface area (TPSA) is 132 Å². The molecule has 1 saturated carbocycles. The molecule has 0 bridgehead atoms. The highest BCUT2D eigenvalue weighted by atomic mass is 16.6. The Bertz CT molecular complexity index is 1060. The smallest absolute Gasteiger partial charge is 0.337 e. The minimum atomic E-state index is -0.915. The van der Waals surface area contributed by atoms with Gasteiger partial charge in [0, 0.05) is 32.3 Å². The molecule has 1 aliphatic heterocycles. The minimum absolute atomic E-state index is 0.0336. The molecule has 0 aromatic carbocycles. The van der Waals surface area contributed by atoms with Gasteiger partial charge in [0.1, 0.15) is 31.5 Å². The number of carbonyl (C=O) groups is 5. The maximum Gasteiger partial charge on any atom is 0.337 e. The van der Waals surface area contributed by atoms with Crippen molar-refractivity contribution in [1.82, 2.24) is 0 Å². The van der Waals surface area contributed by atoms with Gasteiger partial charge in [0.25, 0.3) is 0 Å². The van der Waals surface area contributed by atoms with E-state index in [0.717, 1.165) is 5.57 Å². The van der Waals surface area contributed by atoms with Crippen molar-refractivity contribution in [3.8, 4) is 0 Å². The molecule has 0 spiro atoms. The summed E-state index contributed by atoms with van der Waals surface area (Å²) in [6.45, 7) is 13.0. The molecular weight excluding hydrogens is 472 g/mol. The number of carbonyl (C=O) groups excluding carboxylic acids is 5. The number of fused-ring (bicyclic) bond motifs is 3. The zero-order valence-electron chi connectivity index (χ0n) is 20.7. The lowest BCUT2D eigenvalue weighted by Crippen LogP contribution is -2.37. The summed E-state index contributed by atoms with van der Waals surface area (Å²) in [5, 5.41) is 0. The summed E-state index contributed by atoms with van der Waals surface area (Å²) in [5.74, 6) is -4.23. The highest BCUT2D eigenvalue weighted by Gasteiger charge is 2.56. The molecule has 0 aromatic rings. The van der Waals surface area contributed by atoms with Crippen molar-refractivity contribution in [2.45, 2.75) is 52.4 Å². The van der Waals surface area contributed by atoms with E-state index in [-0.39, 0.29) is 36.2 Å². The predicted molar refractivity (Wildman–Crippen MR) is 124 cm³/mol. The lowest BCUT2D eigenvalue weighted by atomic mass is 9.80. The molecule has 2 aliphatic carbocycles. The van der Waals surface area contributed by atoms with Crippen LogP contribution in [0.25, 0.3) is 0 Å². The van der Waals surface area contributed by atoms with Crippen LogP contribution < -0.4 is 0 Å². The fourth-order valence-electron chi connectivity index (χ4n) is 4.96. The van der Waals surface area contributed by atoms with Gasteiger partial charge in [-0.15, -0.1) is 0 Å². The van der Waals surface area contributed by atoms with Crippen LogP contribution in [0.15, 0.2) is 47.6 Å². The van der Waals surface area contributed by atoms with Crippen LogP contribution in [-0.4, -0.2) is 61.4 Å². The molecule has 10 heteroatoms. The molecule has 36 heavy (non-hydrogen) atoms. The molecule has 10 nitrogen and oxygen atoms in total. The molecule has 0 N–H and O–H groups in total. The molecule has 2 fully saturated rings. The van der Waals surface area contributed by atoms with Crippen LogP contribution in [0.2, 0.25) is 0 Å². The Hall–Kier alpha value is -3.69. The molecule has 3 rings (SSSR count). The lowest BCUT2D eigenvalue weighted by molar-refractivity contribution is -0.149. The van der Waals surface area contributed by atoms with Crippen LogP contribution in [0.5, 0.6) is 0 Å². The summed E-state index contributed by atoms with van der Waals surface area (Å²) in [5.41, 5.74) is 1.60. The van der Waals surface area contributed by atoms with Crippen molar-refractivity contribution in [1.29, 1.82) is 0 Å². The summed E-state index contributed by atoms with van der Waals surface area (Å²) in [6, 6.07) is 0. The van der Waals surface area contributed by atoms with Gasteiger partial charge in [-0.05, 0) is 37.0 Å². The van der Waals surface area contributed by atoms with E-state index >= 15 is 0 Å². The van der Waals surface area contributed by atoms with E-state index in [4.69, 9.17) is 23.7 Å². The van der Waals surface area contributed by atoms with Gasteiger partial charge in [-0.1, -0.05) is 18.7 Å². The van der Waals surface area contributed by atoms with Gasteiger partial charge in [-0.25, -0.2) is 9.59 Å². The third-order valence-electron chi connectivity index (χ3n) is 6.59. The average molecular weight is 503 g/mol. The van der Waals surface area contributed by atoms with Crippen LogP contribution in [0.3, 0.4) is 0 Å². The zero-order valence-corrected chi connectivity index (χ0v) is 20.7. The molecule has 6 atom stereocenters. The highest BCUT2D eigenvalue weighted by Crippen LogP contribution is 2.52. The number of allylic oxidation sites excluding steroid dienone is 1. The fraction of sp³-hybridized carbons (Fsp3) is 0.500. The molecule has 0 amide bonds. The first kappa shape index (κ1) is 26.9. The van der Waals surface area contributed by atoms with Gasteiger partial charge in [0.05, 0.1) is 11.5 Å². The van der Waals surface area contributed by atoms with Crippen molar-refractivity contribution in [3.05, 3.63) is 47.6 Å². The number of rotatable bonds is 7. The van der Waals surface area contributed by atoms with E-state index in [2.05, 4.69) is 13.2 Å². The second-order valence-corrected chi connectivity index (χ2v) is 9.05. The number of esters is 5. The Morgan fingerprint density at radius 2 is 1.69 bits per heavy atom. The number of hydrogen-bond donors (Lipinski definition) is 0. The second kappa shape index (κ2) is 10.9. The maximum atomic E-state index is 13.1. The van der Waals surface area contributed by atoms with Gasteiger partial charge in [-0.3, -0.25) is 14.4 Å². The molecule has 3 aliphatic rings. The van der Waals surface area contributed by atoms with Crippen molar-refractivity contribution in [2.24, 2.45) is 17.8 Å². The Morgan fingerprint density at radius 1 is 1.03 bits per heavy atom. The average Bonchev–Trinajstić information content (AvgIpc) is 3.21. The Kier molecular flexibility index (Phi) is 8.17. The molecule has 0 aromatic heterocycles. The summed E-state index contributed by atoms with van der Waals surface area (Å²) in [4.78, 5) is 59.6. The molecule has 0 radical (unpaired) electrons. The first-order chi connectivity index (χ1) is 16.9. The largest absolute Gasteiger partial charge is 0.462 e. The van der Waals surface area contributed by atoms with E-state index in [9.17, 15) is 24.0 Å². The third-order valence-corrected chi connectivity index (χ3v) is 6.59. The minimum Gasteiger partial charge on any atom is -0.462 e. The first-order valence-electron chi connectivity index (χ1n) is 11.5. The standard InChI is InChI=1S/C26H30O10/c1-12-9-21(35-26(31)18(11-33-16(5)28)7-8-32-15(4)27)23-14(3)25(30)36-24(23)22-13(2)20(10-19(12)22)34-17(6)29/h7,9,19-24H,2-3,8,10-11H2,1,4-6H3/b18-7-/t19-,20-,21-,22-,23+,24+/m0/s1. The van der Waals surface area contributed by atoms with Crippen LogP contribution in [-0.2, 0) is 47.7 Å². The van der Waals surface area contributed by atoms with Crippen molar-refractivity contribution >= 4 is 29.8 Å². The van der Waals surface area contributed by atoms with Crippen molar-refractivity contribution < 1.29 is 47.7 Å². The van der Waals surface area contributed by atoms with E-state index in [1.807, 2.05) is 6.92 Å². The van der Waals surface area contributed by atoms with Gasteiger partial charge in [0.2, 0.25) is 0 Å². The predicted octanol–water partition coefficient (Wildman–Crippen LogP) is 2.13. The van der Waals surface area contributed by atoms with Gasteiger partial charge in [0.15, 0.2) is 0 Å². The molecular formula is C26H30O10.